The van der Waals surface area contributed by atoms with Gasteiger partial charge in [0.1, 0.15) is 11.9 Å². The van der Waals surface area contributed by atoms with Crippen LogP contribution in [0.2, 0.25) is 0 Å². The van der Waals surface area contributed by atoms with E-state index in [1.807, 2.05) is 30.3 Å². The Morgan fingerprint density at radius 2 is 1.75 bits per heavy atom. The zero-order valence-electron chi connectivity index (χ0n) is 18.1. The smallest absolute Gasteiger partial charge is 0.328 e. The van der Waals surface area contributed by atoms with Crippen molar-refractivity contribution < 1.29 is 17.9 Å². The van der Waals surface area contributed by atoms with Gasteiger partial charge in [-0.1, -0.05) is 42.5 Å². The number of fused-ring (bicyclic) bond motifs is 1. The highest BCUT2D eigenvalue weighted by Crippen LogP contribution is 2.24. The Labute approximate surface area is 188 Å². The first kappa shape index (κ1) is 22.4. The number of likely N-dealkylation sites (N-methyl/N-ethyl adjacent to an activating group) is 1. The number of amidine groups is 1. The van der Waals surface area contributed by atoms with Gasteiger partial charge in [0, 0.05) is 44.7 Å². The summed E-state index contributed by atoms with van der Waals surface area (Å²) in [5.74, 6) is 0.0758. The number of rotatable bonds is 7. The highest BCUT2D eigenvalue weighted by atomic mass is 32.2. The van der Waals surface area contributed by atoms with Gasteiger partial charge < -0.3 is 9.64 Å². The number of nitrogens with one attached hydrogen (secondary N) is 1. The predicted octanol–water partition coefficient (Wildman–Crippen LogP) is 1.65. The van der Waals surface area contributed by atoms with Crippen LogP contribution in [0, 0.1) is 0 Å². The summed E-state index contributed by atoms with van der Waals surface area (Å²) in [5, 5.41) is 0. The van der Waals surface area contributed by atoms with E-state index in [1.54, 1.807) is 24.3 Å². The molecule has 8 nitrogen and oxygen atoms in total. The molecule has 1 atom stereocenters. The van der Waals surface area contributed by atoms with Crippen LogP contribution in [0.5, 0.6) is 0 Å². The fraction of sp³-hybridized carbons (Fsp3) is 0.391. The van der Waals surface area contributed by atoms with Crippen molar-refractivity contribution in [2.75, 3.05) is 46.4 Å². The van der Waals surface area contributed by atoms with Crippen molar-refractivity contribution in [3.05, 3.63) is 65.7 Å². The van der Waals surface area contributed by atoms with Gasteiger partial charge >= 0.3 is 5.97 Å². The van der Waals surface area contributed by atoms with Gasteiger partial charge in [0.05, 0.1) is 11.5 Å². The third kappa shape index (κ3) is 5.01. The molecule has 4 rings (SSSR count). The minimum Gasteiger partial charge on any atom is -0.464 e. The third-order valence-corrected chi connectivity index (χ3v) is 7.12. The number of piperazine rings is 1. The summed E-state index contributed by atoms with van der Waals surface area (Å²) in [4.78, 5) is 22.0. The molecule has 0 radical (unpaired) electrons. The lowest BCUT2D eigenvalue weighted by molar-refractivity contribution is -0.151. The molecular weight excluding hydrogens is 428 g/mol. The van der Waals surface area contributed by atoms with Crippen LogP contribution in [-0.2, 0) is 19.6 Å². The van der Waals surface area contributed by atoms with Crippen molar-refractivity contribution in [3.8, 4) is 0 Å². The van der Waals surface area contributed by atoms with E-state index in [2.05, 4.69) is 26.6 Å². The average molecular weight is 457 g/mol. The van der Waals surface area contributed by atoms with Gasteiger partial charge in [-0.05, 0) is 24.7 Å². The zero-order chi connectivity index (χ0) is 22.6. The van der Waals surface area contributed by atoms with Gasteiger partial charge in [0.25, 0.3) is 10.0 Å². The minimum absolute atomic E-state index is 0.223. The Kier molecular flexibility index (Phi) is 6.88. The Hall–Kier alpha value is -2.75. The van der Waals surface area contributed by atoms with Crippen LogP contribution >= 0.6 is 0 Å². The monoisotopic (exact) mass is 456 g/mol. The predicted molar refractivity (Wildman–Crippen MR) is 122 cm³/mol. The summed E-state index contributed by atoms with van der Waals surface area (Å²) >= 11 is 0. The van der Waals surface area contributed by atoms with Crippen LogP contribution in [0.4, 0.5) is 0 Å². The number of ether oxygens (including phenoxy) is 1. The van der Waals surface area contributed by atoms with Crippen molar-refractivity contribution >= 4 is 21.8 Å². The fourth-order valence-corrected chi connectivity index (χ4v) is 5.22. The van der Waals surface area contributed by atoms with Gasteiger partial charge in [-0.15, -0.1) is 0 Å². The second kappa shape index (κ2) is 9.81. The van der Waals surface area contributed by atoms with Crippen molar-refractivity contribution in [2.24, 2.45) is 4.99 Å². The van der Waals surface area contributed by atoms with E-state index in [4.69, 9.17) is 4.74 Å². The summed E-state index contributed by atoms with van der Waals surface area (Å²) in [5.41, 5.74) is 1.50. The first-order valence-corrected chi connectivity index (χ1v) is 12.2. The lowest BCUT2D eigenvalue weighted by atomic mass is 10.0. The molecule has 2 aromatic rings. The summed E-state index contributed by atoms with van der Waals surface area (Å²) in [6.45, 7) is 4.00. The minimum atomic E-state index is -3.54. The van der Waals surface area contributed by atoms with E-state index >= 15 is 0 Å². The molecule has 0 bridgehead atoms. The molecular formula is C23H28N4O4S. The second-order valence-electron chi connectivity index (χ2n) is 8.01. The maximum Gasteiger partial charge on any atom is 0.328 e. The van der Waals surface area contributed by atoms with Crippen LogP contribution in [0.25, 0.3) is 0 Å². The van der Waals surface area contributed by atoms with E-state index in [0.717, 1.165) is 31.7 Å². The molecule has 9 heteroatoms. The molecule has 2 aliphatic heterocycles. The number of carbonyl (C=O) groups is 1. The standard InChI is InChI=1S/C23H28N4O4S/c1-26-13-15-27(16-14-26)21(18-8-3-2-4-9-18)23(28)31-17-7-12-24-22-19-10-5-6-11-20(19)32(29,30)25-22/h2-6,8-11,21H,7,12-17H2,1H3,(H,24,25). The quantitative estimate of drug-likeness (QED) is 0.503. The summed E-state index contributed by atoms with van der Waals surface area (Å²) < 4.78 is 32.4. The number of nitrogens with zero attached hydrogens (tertiary/aromatic N) is 3. The highest BCUT2D eigenvalue weighted by molar-refractivity contribution is 7.90. The zero-order valence-corrected chi connectivity index (χ0v) is 18.9. The van der Waals surface area contributed by atoms with Crippen molar-refractivity contribution in [1.29, 1.82) is 0 Å². The van der Waals surface area contributed by atoms with Crippen LogP contribution in [0.15, 0.2) is 64.5 Å². The van der Waals surface area contributed by atoms with Crippen LogP contribution in [0.1, 0.15) is 23.6 Å². The van der Waals surface area contributed by atoms with E-state index < -0.39 is 16.1 Å². The Bertz CT molecular complexity index is 1080. The van der Waals surface area contributed by atoms with Crippen LogP contribution in [-0.4, -0.2) is 76.4 Å². The van der Waals surface area contributed by atoms with Crippen molar-refractivity contribution in [3.63, 3.8) is 0 Å². The average Bonchev–Trinajstić information content (AvgIpc) is 3.06. The number of aliphatic imine (C=N–C) groups is 1. The maximum absolute atomic E-state index is 13.0. The molecule has 2 aromatic carbocycles. The SMILES string of the molecule is CN1CCN(C(C(=O)OCCCN=C2NS(=O)(=O)c3ccccc32)c2ccccc2)CC1. The normalized spacial score (nSPS) is 20.5. The largest absolute Gasteiger partial charge is 0.464 e. The van der Waals surface area contributed by atoms with E-state index in [1.165, 1.54) is 0 Å². The van der Waals surface area contributed by atoms with Gasteiger partial charge in [0.15, 0.2) is 0 Å². The Morgan fingerprint density at radius 3 is 2.50 bits per heavy atom. The number of hydrogen-bond acceptors (Lipinski definition) is 7. The Balaban J connectivity index is 1.35. The molecule has 2 heterocycles. The first-order valence-electron chi connectivity index (χ1n) is 10.8. The summed E-state index contributed by atoms with van der Waals surface area (Å²) in [6.07, 6.45) is 0.503. The topological polar surface area (TPSA) is 91.3 Å². The van der Waals surface area contributed by atoms with Crippen molar-refractivity contribution in [1.82, 2.24) is 14.5 Å². The summed E-state index contributed by atoms with van der Waals surface area (Å²) in [7, 11) is -1.46. The van der Waals surface area contributed by atoms with Crippen LogP contribution in [0.3, 0.4) is 0 Å². The molecule has 0 amide bonds. The highest BCUT2D eigenvalue weighted by Gasteiger charge is 2.31. The molecule has 0 saturated carbocycles. The summed E-state index contributed by atoms with van der Waals surface area (Å²) in [6, 6.07) is 16.0. The lowest BCUT2D eigenvalue weighted by Gasteiger charge is -2.36. The number of esters is 1. The van der Waals surface area contributed by atoms with E-state index in [0.29, 0.717) is 24.4 Å². The van der Waals surface area contributed by atoms with E-state index in [9.17, 15) is 13.2 Å². The molecule has 32 heavy (non-hydrogen) atoms. The molecule has 170 valence electrons. The lowest BCUT2D eigenvalue weighted by Crippen LogP contribution is -2.48. The number of hydrogen-bond donors (Lipinski definition) is 1. The molecule has 0 aromatic heterocycles. The molecule has 2 aliphatic rings. The van der Waals surface area contributed by atoms with Gasteiger partial charge in [0.2, 0.25) is 0 Å². The molecule has 0 aliphatic carbocycles. The van der Waals surface area contributed by atoms with Gasteiger partial charge in [-0.3, -0.25) is 14.6 Å². The Morgan fingerprint density at radius 1 is 1.06 bits per heavy atom. The molecule has 1 saturated heterocycles. The third-order valence-electron chi connectivity index (χ3n) is 5.72. The molecule has 1 unspecified atom stereocenters. The van der Waals surface area contributed by atoms with Crippen LogP contribution < -0.4 is 4.72 Å². The van der Waals surface area contributed by atoms with E-state index in [-0.39, 0.29) is 17.5 Å². The molecule has 0 spiro atoms. The number of carbonyl (C=O) groups excluding carboxylic acids is 1. The second-order valence-corrected chi connectivity index (χ2v) is 9.66. The van der Waals surface area contributed by atoms with Gasteiger partial charge in [-0.2, -0.15) is 0 Å². The number of sulfonamides is 1. The van der Waals surface area contributed by atoms with Crippen molar-refractivity contribution in [2.45, 2.75) is 17.4 Å². The fourth-order valence-electron chi connectivity index (χ4n) is 3.97. The van der Waals surface area contributed by atoms with Gasteiger partial charge in [-0.25, -0.2) is 13.2 Å². The molecule has 1 N–H and O–H groups in total. The maximum atomic E-state index is 13.0. The first-order chi connectivity index (χ1) is 15.5. The number of benzene rings is 2. The molecule has 1 fully saturated rings.